The standard InChI is InChI=1S/C20H19FN8O2/c1-9-16(25-14-5-2-11(22)7-13(14)21)27-18-10(6-15-19(30)28-20(31)26-15)8-23-29(18)17(9)24-12-3-4-12/h2,5-8,12,25,30H,3-4,22H2,1H3,(H2,26,28,31). The van der Waals surface area contributed by atoms with E-state index in [-0.39, 0.29) is 23.3 Å². The number of anilines is 3. The summed E-state index contributed by atoms with van der Waals surface area (Å²) in [6.45, 7) is 1.84. The predicted molar refractivity (Wildman–Crippen MR) is 112 cm³/mol. The predicted octanol–water partition coefficient (Wildman–Crippen LogP) is 0.835. The fourth-order valence-electron chi connectivity index (χ4n) is 3.24. The van der Waals surface area contributed by atoms with Crippen molar-refractivity contribution in [1.29, 1.82) is 0 Å². The molecule has 0 radical (unpaired) electrons. The van der Waals surface area contributed by atoms with Gasteiger partial charge in [-0.2, -0.15) is 9.61 Å². The second-order valence-electron chi connectivity index (χ2n) is 7.45. The molecule has 0 bridgehead atoms. The molecule has 10 nitrogen and oxygen atoms in total. The first-order valence-electron chi connectivity index (χ1n) is 9.66. The van der Waals surface area contributed by atoms with Gasteiger partial charge in [-0.05, 0) is 44.0 Å². The van der Waals surface area contributed by atoms with Crippen LogP contribution >= 0.6 is 0 Å². The van der Waals surface area contributed by atoms with Gasteiger partial charge in [0.15, 0.2) is 11.1 Å². The lowest BCUT2D eigenvalue weighted by atomic mass is 10.2. The van der Waals surface area contributed by atoms with Gasteiger partial charge in [0.2, 0.25) is 5.88 Å². The van der Waals surface area contributed by atoms with Crippen molar-refractivity contribution in [1.82, 2.24) is 24.6 Å². The highest BCUT2D eigenvalue weighted by molar-refractivity contribution is 5.65. The summed E-state index contributed by atoms with van der Waals surface area (Å²) < 4.78 is 16.0. The number of nitrogens with two attached hydrogens (primary N) is 1. The monoisotopic (exact) mass is 422 g/mol. The van der Waals surface area contributed by atoms with Crippen LogP contribution < -0.4 is 27.4 Å². The van der Waals surface area contributed by atoms with Gasteiger partial charge in [-0.3, -0.25) is 9.98 Å². The first kappa shape index (κ1) is 18.9. The molecule has 158 valence electrons. The van der Waals surface area contributed by atoms with Crippen LogP contribution in [-0.2, 0) is 0 Å². The average molecular weight is 422 g/mol. The minimum absolute atomic E-state index is 0.196. The molecule has 11 heteroatoms. The van der Waals surface area contributed by atoms with Gasteiger partial charge in [0, 0.05) is 16.5 Å². The quantitative estimate of drug-likeness (QED) is 0.308. The molecule has 0 atom stereocenters. The first-order valence-corrected chi connectivity index (χ1v) is 9.66. The Bertz CT molecular complexity index is 1500. The number of benzene rings is 1. The van der Waals surface area contributed by atoms with Crippen molar-refractivity contribution in [2.24, 2.45) is 4.99 Å². The Kier molecular flexibility index (Phi) is 4.24. The number of hydrogen-bond acceptors (Lipinski definition) is 7. The Morgan fingerprint density at radius 3 is 2.87 bits per heavy atom. The van der Waals surface area contributed by atoms with Crippen LogP contribution in [0.4, 0.5) is 21.6 Å². The van der Waals surface area contributed by atoms with Gasteiger partial charge in [0.25, 0.3) is 0 Å². The number of rotatable bonds is 4. The molecule has 3 heterocycles. The van der Waals surface area contributed by atoms with E-state index in [0.29, 0.717) is 33.4 Å². The Hall–Kier alpha value is -4.15. The van der Waals surface area contributed by atoms with Crippen LogP contribution in [0.15, 0.2) is 34.2 Å². The van der Waals surface area contributed by atoms with Crippen molar-refractivity contribution in [3.63, 3.8) is 0 Å². The number of nitrogens with zero attached hydrogens (tertiary/aromatic N) is 4. The number of fused-ring (bicyclic) bond motifs is 1. The SMILES string of the molecule is Cc1c(Nc2ccc(N)cc2F)nc2c(=Cc3[nH]c(=O)[nH]c3O)cnn2c1=NC1CC1. The van der Waals surface area contributed by atoms with E-state index in [0.717, 1.165) is 12.8 Å². The second kappa shape index (κ2) is 6.97. The van der Waals surface area contributed by atoms with E-state index in [1.807, 2.05) is 6.92 Å². The third kappa shape index (κ3) is 3.50. The fraction of sp³-hybridized carbons (Fsp3) is 0.200. The molecule has 1 fully saturated rings. The molecular weight excluding hydrogens is 403 g/mol. The molecule has 0 aliphatic heterocycles. The number of imidazole rings is 1. The number of H-pyrrole nitrogens is 2. The lowest BCUT2D eigenvalue weighted by Gasteiger charge is -2.11. The van der Waals surface area contributed by atoms with Gasteiger partial charge in [-0.25, -0.2) is 14.2 Å². The van der Waals surface area contributed by atoms with Crippen LogP contribution in [0.5, 0.6) is 5.88 Å². The summed E-state index contributed by atoms with van der Waals surface area (Å²) in [7, 11) is 0. The van der Waals surface area contributed by atoms with Crippen LogP contribution in [0.3, 0.4) is 0 Å². The summed E-state index contributed by atoms with van der Waals surface area (Å²) in [5.74, 6) is -0.379. The molecular formula is C20H19FN8O2. The molecule has 6 N–H and O–H groups in total. The molecule has 31 heavy (non-hydrogen) atoms. The van der Waals surface area contributed by atoms with E-state index in [1.165, 1.54) is 6.07 Å². The lowest BCUT2D eigenvalue weighted by molar-refractivity contribution is 0.454. The van der Waals surface area contributed by atoms with Crippen molar-refractivity contribution < 1.29 is 9.50 Å². The normalized spacial score (nSPS) is 15.2. The molecule has 1 aliphatic carbocycles. The number of nitrogen functional groups attached to an aromatic ring is 1. The largest absolute Gasteiger partial charge is 0.493 e. The molecule has 0 amide bonds. The minimum Gasteiger partial charge on any atom is -0.493 e. The van der Waals surface area contributed by atoms with E-state index >= 15 is 0 Å². The summed E-state index contributed by atoms with van der Waals surface area (Å²) in [4.78, 5) is 25.6. The van der Waals surface area contributed by atoms with Gasteiger partial charge in [-0.15, -0.1) is 0 Å². The zero-order valence-corrected chi connectivity index (χ0v) is 16.5. The molecule has 1 saturated carbocycles. The van der Waals surface area contributed by atoms with Gasteiger partial charge >= 0.3 is 5.69 Å². The Balaban J connectivity index is 1.73. The minimum atomic E-state index is -0.533. The van der Waals surface area contributed by atoms with Gasteiger partial charge in [-0.1, -0.05) is 0 Å². The van der Waals surface area contributed by atoms with E-state index < -0.39 is 11.5 Å². The number of nitrogens with one attached hydrogen (secondary N) is 3. The van der Waals surface area contributed by atoms with Gasteiger partial charge < -0.3 is 21.1 Å². The lowest BCUT2D eigenvalue weighted by Crippen LogP contribution is -2.24. The molecule has 5 rings (SSSR count). The average Bonchev–Trinajstić information content (AvgIpc) is 3.37. The molecule has 3 aromatic heterocycles. The summed E-state index contributed by atoms with van der Waals surface area (Å²) in [5, 5.41) is 17.8. The molecule has 1 aromatic carbocycles. The first-order chi connectivity index (χ1) is 14.9. The Morgan fingerprint density at radius 1 is 1.39 bits per heavy atom. The van der Waals surface area contributed by atoms with Gasteiger partial charge in [0.1, 0.15) is 17.3 Å². The van der Waals surface area contributed by atoms with Crippen molar-refractivity contribution in [2.75, 3.05) is 11.1 Å². The van der Waals surface area contributed by atoms with Crippen molar-refractivity contribution >= 4 is 28.9 Å². The highest BCUT2D eigenvalue weighted by atomic mass is 19.1. The van der Waals surface area contributed by atoms with Crippen LogP contribution in [-0.4, -0.2) is 35.7 Å². The highest BCUT2D eigenvalue weighted by Crippen LogP contribution is 2.24. The third-order valence-corrected chi connectivity index (χ3v) is 5.01. The summed E-state index contributed by atoms with van der Waals surface area (Å²) in [5.41, 5.74) is 7.61. The topological polar surface area (TPSA) is 149 Å². The molecule has 4 aromatic rings. The summed E-state index contributed by atoms with van der Waals surface area (Å²) in [6.07, 6.45) is 5.10. The molecule has 0 unspecified atom stereocenters. The highest BCUT2D eigenvalue weighted by Gasteiger charge is 2.21. The summed E-state index contributed by atoms with van der Waals surface area (Å²) in [6, 6.07) is 4.58. The maximum atomic E-state index is 14.4. The van der Waals surface area contributed by atoms with E-state index in [1.54, 1.807) is 28.9 Å². The number of halogens is 1. The number of aromatic hydroxyl groups is 1. The maximum Gasteiger partial charge on any atom is 0.326 e. The second-order valence-corrected chi connectivity index (χ2v) is 7.45. The van der Waals surface area contributed by atoms with Gasteiger partial charge in [0.05, 0.1) is 17.9 Å². The Labute approximate surface area is 174 Å². The van der Waals surface area contributed by atoms with Crippen molar-refractivity contribution in [3.05, 3.63) is 62.7 Å². The zero-order chi connectivity index (χ0) is 21.7. The number of aromatic amines is 2. The van der Waals surface area contributed by atoms with Crippen molar-refractivity contribution in [3.8, 4) is 5.88 Å². The van der Waals surface area contributed by atoms with Crippen molar-refractivity contribution in [2.45, 2.75) is 25.8 Å². The molecule has 0 spiro atoms. The number of hydrogen-bond donors (Lipinski definition) is 5. The van der Waals surface area contributed by atoms with Crippen LogP contribution in [0, 0.1) is 12.7 Å². The van der Waals surface area contributed by atoms with Crippen LogP contribution in [0.25, 0.3) is 11.7 Å². The van der Waals surface area contributed by atoms with Crippen LogP contribution in [0.2, 0.25) is 0 Å². The maximum absolute atomic E-state index is 14.4. The fourth-order valence-corrected chi connectivity index (χ4v) is 3.24. The zero-order valence-electron chi connectivity index (χ0n) is 16.5. The van der Waals surface area contributed by atoms with Crippen LogP contribution in [0.1, 0.15) is 24.1 Å². The number of aromatic nitrogens is 5. The molecule has 0 saturated heterocycles. The van der Waals surface area contributed by atoms with E-state index in [4.69, 9.17) is 10.7 Å². The van der Waals surface area contributed by atoms with E-state index in [2.05, 4.69) is 25.4 Å². The Morgan fingerprint density at radius 2 is 2.19 bits per heavy atom. The summed E-state index contributed by atoms with van der Waals surface area (Å²) >= 11 is 0. The smallest absolute Gasteiger partial charge is 0.326 e. The molecule has 1 aliphatic rings. The third-order valence-electron chi connectivity index (χ3n) is 5.01. The van der Waals surface area contributed by atoms with E-state index in [9.17, 15) is 14.3 Å².